The molecule has 1 spiro atoms. The summed E-state index contributed by atoms with van der Waals surface area (Å²) in [4.78, 5) is 29.4. The second-order valence-electron chi connectivity index (χ2n) is 10.2. The molecule has 1 atom stereocenters. The largest absolute Gasteiger partial charge is 0.354 e. The van der Waals surface area contributed by atoms with Crippen LogP contribution in [-0.2, 0) is 35.5 Å². The van der Waals surface area contributed by atoms with Gasteiger partial charge in [0.2, 0.25) is 11.8 Å². The van der Waals surface area contributed by atoms with Crippen LogP contribution in [0, 0.1) is 12.3 Å². The number of likely N-dealkylation sites (tertiary alicyclic amines) is 1. The Morgan fingerprint density at radius 2 is 1.92 bits per heavy atom. The molecule has 3 N–H and O–H groups in total. The monoisotopic (exact) mass is 524 g/mol. The number of carbonyl (C=O) groups is 2. The van der Waals surface area contributed by atoms with Gasteiger partial charge in [0.1, 0.15) is 6.04 Å². The number of carbonyl (C=O) groups excluding carboxylic acids is 2. The summed E-state index contributed by atoms with van der Waals surface area (Å²) in [5.41, 5.74) is 2.78. The minimum atomic E-state index is -0.689. The van der Waals surface area contributed by atoms with Crippen LogP contribution < -0.4 is 10.6 Å². The van der Waals surface area contributed by atoms with E-state index in [1.807, 2.05) is 43.5 Å². The third-order valence-corrected chi connectivity index (χ3v) is 7.98. The van der Waals surface area contributed by atoms with Crippen molar-refractivity contribution in [3.05, 3.63) is 64.2 Å². The number of hydrogen-bond acceptors (Lipinski definition) is 6. The van der Waals surface area contributed by atoms with Gasteiger partial charge in [0.05, 0.1) is 27.5 Å². The van der Waals surface area contributed by atoms with Crippen LogP contribution in [0.3, 0.4) is 0 Å². The molecule has 10 nitrogen and oxygen atoms in total. The quantitative estimate of drug-likeness (QED) is 0.480. The lowest BCUT2D eigenvalue weighted by molar-refractivity contribution is -0.137. The lowest BCUT2D eigenvalue weighted by Gasteiger charge is -2.41. The van der Waals surface area contributed by atoms with Crippen LogP contribution >= 0.6 is 11.6 Å². The first-order valence-corrected chi connectivity index (χ1v) is 13.2. The normalized spacial score (nSPS) is 21.0. The molecule has 1 saturated heterocycles. The number of nitrogens with zero attached hydrogens (tertiary/aromatic N) is 5. The number of benzene rings is 1. The van der Waals surface area contributed by atoms with E-state index in [4.69, 9.17) is 11.6 Å². The van der Waals surface area contributed by atoms with E-state index < -0.39 is 11.5 Å². The molecule has 1 fully saturated rings. The second kappa shape index (κ2) is 11.0. The van der Waals surface area contributed by atoms with Crippen LogP contribution in [0.15, 0.2) is 36.5 Å². The van der Waals surface area contributed by atoms with Crippen molar-refractivity contribution in [2.45, 2.75) is 58.2 Å². The standard InChI is InChI=1S/C26H33ClN8O2/c1-18-23(27)22(32-30-18)17-34-12-8-26(9-13-34)15-20-16-35(33-31-20)11-5-10-28-24(36)21(29-25(26)37)14-19-6-3-2-4-7-19/h2-4,6-7,16,21H,5,8-15,17H2,1H3,(H,28,36)(H,29,37)(H,30,32)/t21-/m0/s1. The summed E-state index contributed by atoms with van der Waals surface area (Å²) in [7, 11) is 0. The summed E-state index contributed by atoms with van der Waals surface area (Å²) in [6.07, 6.45) is 4.84. The molecule has 2 bridgehead atoms. The number of piperidine rings is 1. The van der Waals surface area contributed by atoms with Gasteiger partial charge in [0.15, 0.2) is 0 Å². The Balaban J connectivity index is 1.37. The summed E-state index contributed by atoms with van der Waals surface area (Å²) in [6.45, 7) is 5.10. The predicted molar refractivity (Wildman–Crippen MR) is 139 cm³/mol. The van der Waals surface area contributed by atoms with Gasteiger partial charge in [-0.2, -0.15) is 5.10 Å². The molecule has 5 rings (SSSR count). The Kier molecular flexibility index (Phi) is 7.57. The fourth-order valence-electron chi connectivity index (χ4n) is 5.23. The topological polar surface area (TPSA) is 121 Å². The van der Waals surface area contributed by atoms with Gasteiger partial charge >= 0.3 is 0 Å². The Hall–Kier alpha value is -3.24. The number of halogens is 1. The Morgan fingerprint density at radius 3 is 2.65 bits per heavy atom. The zero-order chi connectivity index (χ0) is 25.8. The number of nitrogens with one attached hydrogen (secondary N) is 3. The molecule has 2 aliphatic heterocycles. The molecule has 3 aromatic rings. The molecule has 11 heteroatoms. The molecular formula is C26H33ClN8O2. The van der Waals surface area contributed by atoms with Crippen molar-refractivity contribution in [3.63, 3.8) is 0 Å². The summed E-state index contributed by atoms with van der Waals surface area (Å²) >= 11 is 6.39. The number of aryl methyl sites for hydroxylation is 2. The van der Waals surface area contributed by atoms with Gasteiger partial charge in [-0.1, -0.05) is 47.1 Å². The number of amides is 2. The molecule has 2 aromatic heterocycles. The summed E-state index contributed by atoms with van der Waals surface area (Å²) in [5.74, 6) is -0.267. The van der Waals surface area contributed by atoms with E-state index in [0.29, 0.717) is 63.4 Å². The minimum Gasteiger partial charge on any atom is -0.354 e. The van der Waals surface area contributed by atoms with Crippen molar-refractivity contribution in [1.82, 2.24) is 40.7 Å². The van der Waals surface area contributed by atoms with Gasteiger partial charge in [0, 0.05) is 38.7 Å². The highest BCUT2D eigenvalue weighted by molar-refractivity contribution is 6.31. The number of fused-ring (bicyclic) bond motifs is 2. The van der Waals surface area contributed by atoms with Crippen molar-refractivity contribution in [2.24, 2.45) is 5.41 Å². The maximum absolute atomic E-state index is 14.0. The second-order valence-corrected chi connectivity index (χ2v) is 10.6. The summed E-state index contributed by atoms with van der Waals surface area (Å²) < 4.78 is 1.80. The van der Waals surface area contributed by atoms with Crippen LogP contribution in [0.2, 0.25) is 5.02 Å². The fourth-order valence-corrected chi connectivity index (χ4v) is 5.37. The maximum Gasteiger partial charge on any atom is 0.242 e. The molecule has 0 radical (unpaired) electrons. The average molecular weight is 525 g/mol. The van der Waals surface area contributed by atoms with E-state index in [0.717, 1.165) is 29.1 Å². The van der Waals surface area contributed by atoms with Crippen molar-refractivity contribution in [1.29, 1.82) is 0 Å². The average Bonchev–Trinajstić information content (AvgIpc) is 3.48. The SMILES string of the molecule is Cc1[nH]nc(CN2CCC3(CC2)Cc2cn(nn2)CCCNC(=O)[C@H](Cc2ccccc2)NC3=O)c1Cl. The van der Waals surface area contributed by atoms with Crippen LogP contribution in [0.4, 0.5) is 0 Å². The summed E-state index contributed by atoms with van der Waals surface area (Å²) in [6, 6.07) is 9.15. The number of aromatic nitrogens is 5. The Labute approximate surface area is 221 Å². The molecule has 0 unspecified atom stereocenters. The highest BCUT2D eigenvalue weighted by Gasteiger charge is 2.43. The fraction of sp³-hybridized carbons (Fsp3) is 0.500. The highest BCUT2D eigenvalue weighted by Crippen LogP contribution is 2.36. The van der Waals surface area contributed by atoms with Gasteiger partial charge in [-0.25, -0.2) is 0 Å². The predicted octanol–water partition coefficient (Wildman–Crippen LogP) is 2.04. The first-order chi connectivity index (χ1) is 17.9. The lowest BCUT2D eigenvalue weighted by Crippen LogP contribution is -2.56. The summed E-state index contributed by atoms with van der Waals surface area (Å²) in [5, 5.41) is 22.7. The van der Waals surface area contributed by atoms with E-state index in [1.165, 1.54) is 0 Å². The minimum absolute atomic E-state index is 0.106. The van der Waals surface area contributed by atoms with Crippen molar-refractivity contribution in [3.8, 4) is 0 Å². The number of rotatable bonds is 4. The number of hydrogen-bond donors (Lipinski definition) is 3. The molecule has 1 aromatic carbocycles. The smallest absolute Gasteiger partial charge is 0.242 e. The van der Waals surface area contributed by atoms with Gasteiger partial charge < -0.3 is 10.6 Å². The van der Waals surface area contributed by atoms with Gasteiger partial charge in [-0.3, -0.25) is 24.3 Å². The van der Waals surface area contributed by atoms with Gasteiger partial charge in [0.25, 0.3) is 0 Å². The van der Waals surface area contributed by atoms with Crippen molar-refractivity contribution in [2.75, 3.05) is 19.6 Å². The van der Waals surface area contributed by atoms with Crippen molar-refractivity contribution >= 4 is 23.4 Å². The third kappa shape index (κ3) is 5.86. The Bertz CT molecular complexity index is 1230. The maximum atomic E-state index is 14.0. The van der Waals surface area contributed by atoms with Gasteiger partial charge in [-0.05, 0) is 44.8 Å². The Morgan fingerprint density at radius 1 is 1.14 bits per heavy atom. The zero-order valence-corrected chi connectivity index (χ0v) is 21.8. The van der Waals surface area contributed by atoms with E-state index in [2.05, 4.69) is 36.0 Å². The van der Waals surface area contributed by atoms with Crippen LogP contribution in [-0.4, -0.2) is 67.6 Å². The van der Waals surface area contributed by atoms with Crippen LogP contribution in [0.1, 0.15) is 41.9 Å². The molecule has 0 aliphatic carbocycles. The molecule has 196 valence electrons. The molecule has 2 amide bonds. The van der Waals surface area contributed by atoms with E-state index >= 15 is 0 Å². The first kappa shape index (κ1) is 25.4. The van der Waals surface area contributed by atoms with Crippen LogP contribution in [0.25, 0.3) is 0 Å². The van der Waals surface area contributed by atoms with E-state index in [1.54, 1.807) is 4.68 Å². The molecule has 37 heavy (non-hydrogen) atoms. The first-order valence-electron chi connectivity index (χ1n) is 12.9. The number of H-pyrrole nitrogens is 1. The molecule has 0 saturated carbocycles. The van der Waals surface area contributed by atoms with E-state index in [9.17, 15) is 9.59 Å². The van der Waals surface area contributed by atoms with Crippen LogP contribution in [0.5, 0.6) is 0 Å². The lowest BCUT2D eigenvalue weighted by atomic mass is 9.73. The zero-order valence-electron chi connectivity index (χ0n) is 21.0. The van der Waals surface area contributed by atoms with Gasteiger partial charge in [-0.15, -0.1) is 5.10 Å². The number of aromatic amines is 1. The van der Waals surface area contributed by atoms with E-state index in [-0.39, 0.29) is 11.8 Å². The van der Waals surface area contributed by atoms with Crippen molar-refractivity contribution < 1.29 is 9.59 Å². The molecular weight excluding hydrogens is 492 g/mol. The molecule has 4 heterocycles. The highest BCUT2D eigenvalue weighted by atomic mass is 35.5. The third-order valence-electron chi connectivity index (χ3n) is 7.48. The molecule has 2 aliphatic rings.